The molecule has 0 fully saturated rings. The summed E-state index contributed by atoms with van der Waals surface area (Å²) in [6.45, 7) is 6.63. The number of rotatable bonds is 5. The summed E-state index contributed by atoms with van der Waals surface area (Å²) in [6, 6.07) is 0. The van der Waals surface area contributed by atoms with Gasteiger partial charge in [0.05, 0.1) is 5.60 Å². The maximum atomic E-state index is 9.89. The minimum absolute atomic E-state index is 0.252. The van der Waals surface area contributed by atoms with Gasteiger partial charge in [0.2, 0.25) is 0 Å². The number of hydrogen-bond acceptors (Lipinski definition) is 2. The smallest absolute Gasteiger partial charge is 0.0659 e. The molecule has 2 atom stereocenters. The molecular formula is C9H21NO. The molecule has 2 heteroatoms. The molecule has 2 unspecified atom stereocenters. The Labute approximate surface area is 69.8 Å². The van der Waals surface area contributed by atoms with Gasteiger partial charge in [-0.3, -0.25) is 0 Å². The monoisotopic (exact) mass is 159 g/mol. The van der Waals surface area contributed by atoms with Crippen LogP contribution in [0.2, 0.25) is 0 Å². The zero-order valence-corrected chi connectivity index (χ0v) is 7.93. The van der Waals surface area contributed by atoms with E-state index in [1.54, 1.807) is 0 Å². The van der Waals surface area contributed by atoms with Gasteiger partial charge < -0.3 is 10.8 Å². The first kappa shape index (κ1) is 10.9. The normalized spacial score (nSPS) is 19.4. The first-order valence-electron chi connectivity index (χ1n) is 4.50. The molecule has 0 radical (unpaired) electrons. The highest BCUT2D eigenvalue weighted by molar-refractivity contribution is 4.81. The Kier molecular flexibility index (Phi) is 4.69. The second-order valence-corrected chi connectivity index (χ2v) is 3.45. The molecule has 0 spiro atoms. The van der Waals surface area contributed by atoms with E-state index in [0.29, 0.717) is 6.54 Å². The van der Waals surface area contributed by atoms with Crippen molar-refractivity contribution in [2.45, 2.75) is 45.6 Å². The summed E-state index contributed by atoms with van der Waals surface area (Å²) in [5.74, 6) is 0.252. The molecule has 2 nitrogen and oxygen atoms in total. The predicted octanol–water partition coefficient (Wildman–Crippen LogP) is 1.52. The number of aliphatic hydroxyl groups is 1. The third-order valence-electron chi connectivity index (χ3n) is 2.41. The van der Waals surface area contributed by atoms with Crippen LogP contribution < -0.4 is 5.73 Å². The van der Waals surface area contributed by atoms with E-state index in [2.05, 4.69) is 13.8 Å². The zero-order chi connectivity index (χ0) is 8.91. The van der Waals surface area contributed by atoms with Crippen molar-refractivity contribution in [2.24, 2.45) is 11.7 Å². The molecule has 68 valence electrons. The Morgan fingerprint density at radius 2 is 2.00 bits per heavy atom. The molecule has 0 aliphatic heterocycles. The molecule has 0 heterocycles. The number of nitrogens with two attached hydrogens (primary N) is 1. The average molecular weight is 159 g/mol. The van der Waals surface area contributed by atoms with Crippen LogP contribution in [0.5, 0.6) is 0 Å². The Morgan fingerprint density at radius 1 is 1.45 bits per heavy atom. The molecule has 0 saturated heterocycles. The van der Waals surface area contributed by atoms with E-state index in [4.69, 9.17) is 5.73 Å². The first-order valence-corrected chi connectivity index (χ1v) is 4.50. The highest BCUT2D eigenvalue weighted by Crippen LogP contribution is 2.24. The standard InChI is InChI=1S/C9H21NO/c1-4-6-9(3,11)8(5-2)7-10/h8,11H,4-7,10H2,1-3H3. The van der Waals surface area contributed by atoms with Gasteiger partial charge >= 0.3 is 0 Å². The average Bonchev–Trinajstić information content (AvgIpc) is 1.89. The van der Waals surface area contributed by atoms with E-state index in [0.717, 1.165) is 19.3 Å². The SMILES string of the molecule is CCCC(C)(O)C(CC)CN. The van der Waals surface area contributed by atoms with Crippen molar-refractivity contribution in [1.82, 2.24) is 0 Å². The molecule has 0 aromatic carbocycles. The maximum Gasteiger partial charge on any atom is 0.0659 e. The van der Waals surface area contributed by atoms with Crippen molar-refractivity contribution in [1.29, 1.82) is 0 Å². The van der Waals surface area contributed by atoms with Gasteiger partial charge in [0.1, 0.15) is 0 Å². The van der Waals surface area contributed by atoms with E-state index >= 15 is 0 Å². The lowest BCUT2D eigenvalue weighted by atomic mass is 9.84. The summed E-state index contributed by atoms with van der Waals surface area (Å²) >= 11 is 0. The van der Waals surface area contributed by atoms with Crippen molar-refractivity contribution < 1.29 is 5.11 Å². The van der Waals surface area contributed by atoms with Gasteiger partial charge in [-0.05, 0) is 32.2 Å². The minimum Gasteiger partial charge on any atom is -0.390 e. The third kappa shape index (κ3) is 3.21. The molecule has 0 aromatic heterocycles. The van der Waals surface area contributed by atoms with E-state index in [1.807, 2.05) is 6.92 Å². The second kappa shape index (κ2) is 4.73. The Bertz CT molecular complexity index is 97.7. The second-order valence-electron chi connectivity index (χ2n) is 3.45. The predicted molar refractivity (Wildman–Crippen MR) is 48.4 cm³/mol. The maximum absolute atomic E-state index is 9.89. The minimum atomic E-state index is -0.557. The van der Waals surface area contributed by atoms with Crippen LogP contribution in [0.3, 0.4) is 0 Å². The highest BCUT2D eigenvalue weighted by atomic mass is 16.3. The molecule has 0 aromatic rings. The van der Waals surface area contributed by atoms with Crippen LogP contribution in [0, 0.1) is 5.92 Å². The van der Waals surface area contributed by atoms with Gasteiger partial charge in [-0.25, -0.2) is 0 Å². The Morgan fingerprint density at radius 3 is 2.27 bits per heavy atom. The highest BCUT2D eigenvalue weighted by Gasteiger charge is 2.27. The summed E-state index contributed by atoms with van der Waals surface area (Å²) in [4.78, 5) is 0. The van der Waals surface area contributed by atoms with Crippen molar-refractivity contribution in [2.75, 3.05) is 6.54 Å². The zero-order valence-electron chi connectivity index (χ0n) is 7.93. The molecule has 11 heavy (non-hydrogen) atoms. The summed E-state index contributed by atoms with van der Waals surface area (Å²) in [5.41, 5.74) is 4.98. The van der Waals surface area contributed by atoms with Crippen molar-refractivity contribution in [3.05, 3.63) is 0 Å². The van der Waals surface area contributed by atoms with Gasteiger partial charge in [0, 0.05) is 0 Å². The lowest BCUT2D eigenvalue weighted by Gasteiger charge is -2.31. The molecule has 0 aliphatic carbocycles. The number of hydrogen-bond donors (Lipinski definition) is 2. The van der Waals surface area contributed by atoms with Crippen LogP contribution >= 0.6 is 0 Å². The van der Waals surface area contributed by atoms with Crippen LogP contribution in [0.25, 0.3) is 0 Å². The van der Waals surface area contributed by atoms with E-state index in [1.165, 1.54) is 0 Å². The van der Waals surface area contributed by atoms with Crippen LogP contribution in [0.4, 0.5) is 0 Å². The van der Waals surface area contributed by atoms with E-state index in [9.17, 15) is 5.11 Å². The lowest BCUT2D eigenvalue weighted by Crippen LogP contribution is -2.38. The van der Waals surface area contributed by atoms with Gasteiger partial charge in [0.25, 0.3) is 0 Å². The molecule has 0 saturated carbocycles. The molecule has 0 aliphatic rings. The third-order valence-corrected chi connectivity index (χ3v) is 2.41. The molecule has 0 rings (SSSR count). The van der Waals surface area contributed by atoms with E-state index in [-0.39, 0.29) is 5.92 Å². The summed E-state index contributed by atoms with van der Waals surface area (Å²) < 4.78 is 0. The molecule has 3 N–H and O–H groups in total. The summed E-state index contributed by atoms with van der Waals surface area (Å²) in [6.07, 6.45) is 2.83. The first-order chi connectivity index (χ1) is 5.08. The fraction of sp³-hybridized carbons (Fsp3) is 1.00. The van der Waals surface area contributed by atoms with Crippen LogP contribution in [-0.2, 0) is 0 Å². The lowest BCUT2D eigenvalue weighted by molar-refractivity contribution is -0.00750. The topological polar surface area (TPSA) is 46.2 Å². The quantitative estimate of drug-likeness (QED) is 0.639. The summed E-state index contributed by atoms with van der Waals surface area (Å²) in [7, 11) is 0. The Balaban J connectivity index is 4.00. The van der Waals surface area contributed by atoms with Gasteiger partial charge in [-0.2, -0.15) is 0 Å². The van der Waals surface area contributed by atoms with Crippen molar-refractivity contribution in [3.63, 3.8) is 0 Å². The van der Waals surface area contributed by atoms with Crippen molar-refractivity contribution >= 4 is 0 Å². The largest absolute Gasteiger partial charge is 0.390 e. The van der Waals surface area contributed by atoms with Crippen LogP contribution in [0.1, 0.15) is 40.0 Å². The molecular weight excluding hydrogens is 138 g/mol. The van der Waals surface area contributed by atoms with Crippen molar-refractivity contribution in [3.8, 4) is 0 Å². The molecule has 0 amide bonds. The van der Waals surface area contributed by atoms with Gasteiger partial charge in [0.15, 0.2) is 0 Å². The van der Waals surface area contributed by atoms with E-state index < -0.39 is 5.60 Å². The van der Waals surface area contributed by atoms with Crippen LogP contribution in [0.15, 0.2) is 0 Å². The fourth-order valence-corrected chi connectivity index (χ4v) is 1.57. The van der Waals surface area contributed by atoms with Crippen LogP contribution in [-0.4, -0.2) is 17.3 Å². The van der Waals surface area contributed by atoms with Gasteiger partial charge in [-0.15, -0.1) is 0 Å². The fourth-order valence-electron chi connectivity index (χ4n) is 1.57. The Hall–Kier alpha value is -0.0800. The molecule has 0 bridgehead atoms. The van der Waals surface area contributed by atoms with Gasteiger partial charge in [-0.1, -0.05) is 20.3 Å². The summed E-state index contributed by atoms with van der Waals surface area (Å²) in [5, 5.41) is 9.89.